The van der Waals surface area contributed by atoms with Gasteiger partial charge < -0.3 is 15.2 Å². The first-order chi connectivity index (χ1) is 13.7. The molecular weight excluding hydrogens is 497 g/mol. The standard InChI is InChI=1S/C21H31N5OS.HI/c1-3-23-21(25-18-9-7-10-19(14-18)28(27)4-2)24-15-17-8-5-6-11-20(17)26-13-12-22-16-26;/h5-6,8,11-13,16,18-19H,3-4,7,9-10,14-15H2,1-2H3,(H2,23,24,25);1H. The zero-order valence-corrected chi connectivity index (χ0v) is 20.4. The van der Waals surface area contributed by atoms with Gasteiger partial charge >= 0.3 is 0 Å². The quantitative estimate of drug-likeness (QED) is 0.327. The maximum Gasteiger partial charge on any atom is 0.191 e. The van der Waals surface area contributed by atoms with E-state index in [0.29, 0.717) is 17.8 Å². The highest BCUT2D eigenvalue weighted by molar-refractivity contribution is 14.0. The molecule has 3 rings (SSSR count). The lowest BCUT2D eigenvalue weighted by Gasteiger charge is -2.30. The van der Waals surface area contributed by atoms with E-state index >= 15 is 0 Å². The fourth-order valence-electron chi connectivity index (χ4n) is 3.73. The van der Waals surface area contributed by atoms with Crippen LogP contribution in [0, 0.1) is 0 Å². The van der Waals surface area contributed by atoms with Crippen LogP contribution >= 0.6 is 24.0 Å². The number of hydrogen-bond acceptors (Lipinski definition) is 3. The van der Waals surface area contributed by atoms with E-state index in [2.05, 4.69) is 34.7 Å². The smallest absolute Gasteiger partial charge is 0.191 e. The van der Waals surface area contributed by atoms with Gasteiger partial charge in [-0.25, -0.2) is 9.98 Å². The number of aliphatic imine (C=N–C) groups is 1. The molecule has 0 radical (unpaired) electrons. The van der Waals surface area contributed by atoms with Crippen LogP contribution in [0.1, 0.15) is 45.1 Å². The Morgan fingerprint density at radius 3 is 2.86 bits per heavy atom. The molecular formula is C21H32IN5OS. The lowest BCUT2D eigenvalue weighted by molar-refractivity contribution is 0.413. The van der Waals surface area contributed by atoms with Crippen molar-refractivity contribution in [3.05, 3.63) is 48.5 Å². The van der Waals surface area contributed by atoms with E-state index in [0.717, 1.165) is 55.2 Å². The molecule has 2 N–H and O–H groups in total. The monoisotopic (exact) mass is 529 g/mol. The van der Waals surface area contributed by atoms with Gasteiger partial charge in [0.25, 0.3) is 0 Å². The molecule has 0 saturated heterocycles. The van der Waals surface area contributed by atoms with Crippen LogP contribution in [0.25, 0.3) is 5.69 Å². The van der Waals surface area contributed by atoms with Crippen LogP contribution in [0.4, 0.5) is 0 Å². The van der Waals surface area contributed by atoms with Gasteiger partial charge in [0.05, 0.1) is 18.6 Å². The summed E-state index contributed by atoms with van der Waals surface area (Å²) in [5.41, 5.74) is 2.24. The predicted molar refractivity (Wildman–Crippen MR) is 132 cm³/mol. The van der Waals surface area contributed by atoms with E-state index in [1.165, 1.54) is 0 Å². The van der Waals surface area contributed by atoms with Crippen molar-refractivity contribution in [1.29, 1.82) is 0 Å². The number of nitrogens with zero attached hydrogens (tertiary/aromatic N) is 3. The molecule has 1 heterocycles. The summed E-state index contributed by atoms with van der Waals surface area (Å²) < 4.78 is 14.2. The highest BCUT2D eigenvalue weighted by Gasteiger charge is 2.26. The van der Waals surface area contributed by atoms with E-state index < -0.39 is 10.8 Å². The first kappa shape index (κ1) is 23.9. The molecule has 3 atom stereocenters. The number of aromatic nitrogens is 2. The zero-order valence-electron chi connectivity index (χ0n) is 17.2. The van der Waals surface area contributed by atoms with E-state index in [1.807, 2.05) is 36.1 Å². The second-order valence-corrected chi connectivity index (χ2v) is 9.10. The van der Waals surface area contributed by atoms with Crippen molar-refractivity contribution in [3.63, 3.8) is 0 Å². The first-order valence-corrected chi connectivity index (χ1v) is 11.6. The predicted octanol–water partition coefficient (Wildman–Crippen LogP) is 3.63. The van der Waals surface area contributed by atoms with Crippen LogP contribution in [0.3, 0.4) is 0 Å². The molecule has 160 valence electrons. The summed E-state index contributed by atoms with van der Waals surface area (Å²) in [6, 6.07) is 8.58. The third-order valence-corrected chi connectivity index (χ3v) is 6.89. The topological polar surface area (TPSA) is 71.3 Å². The number of hydrogen-bond donors (Lipinski definition) is 2. The number of para-hydroxylation sites is 1. The summed E-state index contributed by atoms with van der Waals surface area (Å²) in [5.74, 6) is 1.58. The van der Waals surface area contributed by atoms with Gasteiger partial charge in [-0.1, -0.05) is 31.5 Å². The molecule has 1 aromatic carbocycles. The number of rotatable bonds is 7. The summed E-state index contributed by atoms with van der Waals surface area (Å²) >= 11 is 0. The molecule has 1 fully saturated rings. The van der Waals surface area contributed by atoms with Crippen molar-refractivity contribution < 1.29 is 4.21 Å². The van der Waals surface area contributed by atoms with Crippen molar-refractivity contribution >= 4 is 40.7 Å². The maximum absolute atomic E-state index is 12.2. The van der Waals surface area contributed by atoms with Crippen molar-refractivity contribution in [1.82, 2.24) is 20.2 Å². The summed E-state index contributed by atoms with van der Waals surface area (Å²) in [5, 5.41) is 7.24. The van der Waals surface area contributed by atoms with Gasteiger partial charge in [-0.3, -0.25) is 4.21 Å². The summed E-state index contributed by atoms with van der Waals surface area (Å²) in [6.45, 7) is 5.48. The summed E-state index contributed by atoms with van der Waals surface area (Å²) in [7, 11) is -0.715. The fourth-order valence-corrected chi connectivity index (χ4v) is 5.07. The van der Waals surface area contributed by atoms with Crippen LogP contribution in [0.5, 0.6) is 0 Å². The minimum atomic E-state index is -0.715. The largest absolute Gasteiger partial charge is 0.357 e. The molecule has 0 spiro atoms. The van der Waals surface area contributed by atoms with Crippen molar-refractivity contribution in [2.45, 2.75) is 57.4 Å². The molecule has 1 saturated carbocycles. The molecule has 3 unspecified atom stereocenters. The molecule has 0 bridgehead atoms. The second-order valence-electron chi connectivity index (χ2n) is 7.09. The van der Waals surface area contributed by atoms with Crippen LogP contribution in [-0.2, 0) is 17.3 Å². The van der Waals surface area contributed by atoms with Gasteiger partial charge in [-0.15, -0.1) is 24.0 Å². The Bertz CT molecular complexity index is 796. The van der Waals surface area contributed by atoms with Crippen molar-refractivity contribution in [2.75, 3.05) is 12.3 Å². The second kappa shape index (κ2) is 12.3. The Kier molecular flexibility index (Phi) is 10.1. The van der Waals surface area contributed by atoms with E-state index in [9.17, 15) is 4.21 Å². The first-order valence-electron chi connectivity index (χ1n) is 10.2. The number of halogens is 1. The summed E-state index contributed by atoms with van der Waals surface area (Å²) in [6.07, 6.45) is 9.79. The van der Waals surface area contributed by atoms with Crippen molar-refractivity contribution in [2.24, 2.45) is 4.99 Å². The lowest BCUT2D eigenvalue weighted by atomic mass is 9.95. The Balaban J connectivity index is 0.00000300. The highest BCUT2D eigenvalue weighted by atomic mass is 127. The van der Waals surface area contributed by atoms with E-state index in [-0.39, 0.29) is 24.0 Å². The molecule has 1 aliphatic carbocycles. The fraction of sp³-hybridized carbons (Fsp3) is 0.524. The number of imidazole rings is 1. The SMILES string of the molecule is CCNC(=NCc1ccccc1-n1ccnc1)NC1CCCC(S(=O)CC)C1.I. The van der Waals surface area contributed by atoms with Crippen molar-refractivity contribution in [3.8, 4) is 5.69 Å². The average Bonchev–Trinajstić information content (AvgIpc) is 3.27. The van der Waals surface area contributed by atoms with E-state index in [4.69, 9.17) is 4.99 Å². The van der Waals surface area contributed by atoms with Gasteiger partial charge in [0.15, 0.2) is 5.96 Å². The molecule has 29 heavy (non-hydrogen) atoms. The number of benzene rings is 1. The molecule has 0 amide bonds. The van der Waals surface area contributed by atoms with Gasteiger partial charge in [0.1, 0.15) is 0 Å². The van der Waals surface area contributed by atoms with Gasteiger partial charge in [0.2, 0.25) is 0 Å². The zero-order chi connectivity index (χ0) is 19.8. The van der Waals surface area contributed by atoms with Crippen LogP contribution < -0.4 is 10.6 Å². The molecule has 1 aromatic heterocycles. The Morgan fingerprint density at radius 1 is 1.31 bits per heavy atom. The number of guanidine groups is 1. The van der Waals surface area contributed by atoms with Crippen LogP contribution in [0.15, 0.2) is 48.0 Å². The third-order valence-electron chi connectivity index (χ3n) is 5.15. The normalized spacial score (nSPS) is 20.6. The highest BCUT2D eigenvalue weighted by Crippen LogP contribution is 2.23. The van der Waals surface area contributed by atoms with Crippen LogP contribution in [-0.4, -0.2) is 43.3 Å². The summed E-state index contributed by atoms with van der Waals surface area (Å²) in [4.78, 5) is 8.97. The lowest BCUT2D eigenvalue weighted by Crippen LogP contribution is -2.46. The number of nitrogens with one attached hydrogen (secondary N) is 2. The van der Waals surface area contributed by atoms with Gasteiger partial charge in [0, 0.05) is 46.8 Å². The Labute approximate surface area is 193 Å². The van der Waals surface area contributed by atoms with Gasteiger partial charge in [-0.05, 0) is 37.8 Å². The molecule has 1 aliphatic rings. The Hall–Kier alpha value is -1.42. The van der Waals surface area contributed by atoms with E-state index in [1.54, 1.807) is 6.20 Å². The third kappa shape index (κ3) is 6.80. The Morgan fingerprint density at radius 2 is 2.14 bits per heavy atom. The minimum Gasteiger partial charge on any atom is -0.357 e. The van der Waals surface area contributed by atoms with Gasteiger partial charge in [-0.2, -0.15) is 0 Å². The molecule has 2 aromatic rings. The average molecular weight is 529 g/mol. The molecule has 0 aliphatic heterocycles. The maximum atomic E-state index is 12.2. The minimum absolute atomic E-state index is 0. The van der Waals surface area contributed by atoms with Crippen LogP contribution in [0.2, 0.25) is 0 Å². The molecule has 6 nitrogen and oxygen atoms in total. The molecule has 8 heteroatoms.